The van der Waals surface area contributed by atoms with Crippen LogP contribution in [0.1, 0.15) is 16.2 Å². The van der Waals surface area contributed by atoms with Crippen LogP contribution in [0, 0.1) is 0 Å². The van der Waals surface area contributed by atoms with Gasteiger partial charge in [-0.3, -0.25) is 4.98 Å². The number of pyridine rings is 1. The minimum absolute atomic E-state index is 0.00596. The van der Waals surface area contributed by atoms with Gasteiger partial charge in [-0.25, -0.2) is 9.78 Å². The molecule has 3 rings (SSSR count). The molecular formula is C16H12N2O3. The summed E-state index contributed by atoms with van der Waals surface area (Å²) in [5.41, 5.74) is 1.37. The number of ether oxygens (including phenoxy) is 1. The number of carbonyl (C=O) groups excluding carboxylic acids is 1. The van der Waals surface area contributed by atoms with Crippen molar-refractivity contribution in [2.24, 2.45) is 0 Å². The average Bonchev–Trinajstić information content (AvgIpc) is 3.03. The van der Waals surface area contributed by atoms with Crippen LogP contribution in [0.5, 0.6) is 0 Å². The summed E-state index contributed by atoms with van der Waals surface area (Å²) >= 11 is 0. The number of carbonyl (C=O) groups is 1. The van der Waals surface area contributed by atoms with Gasteiger partial charge in [-0.2, -0.15) is 0 Å². The fourth-order valence-electron chi connectivity index (χ4n) is 1.81. The normalized spacial score (nSPS) is 10.3. The second kappa shape index (κ2) is 6.00. The number of oxazole rings is 1. The minimum Gasteiger partial charge on any atom is -0.452 e. The molecule has 5 heteroatoms. The Balaban J connectivity index is 1.64. The topological polar surface area (TPSA) is 65.2 Å². The van der Waals surface area contributed by atoms with Gasteiger partial charge in [-0.1, -0.05) is 30.3 Å². The lowest BCUT2D eigenvalue weighted by Gasteiger charge is -2.01. The molecule has 0 aliphatic heterocycles. The lowest BCUT2D eigenvalue weighted by molar-refractivity contribution is 0.0439. The first-order valence-corrected chi connectivity index (χ1v) is 6.40. The molecule has 0 aliphatic carbocycles. The van der Waals surface area contributed by atoms with Crippen molar-refractivity contribution in [2.45, 2.75) is 6.61 Å². The molecule has 5 nitrogen and oxygen atoms in total. The van der Waals surface area contributed by atoms with Crippen LogP contribution in [0.15, 0.2) is 65.5 Å². The number of aromatic nitrogens is 2. The van der Waals surface area contributed by atoms with E-state index in [-0.39, 0.29) is 6.61 Å². The Morgan fingerprint density at radius 3 is 2.62 bits per heavy atom. The molecule has 0 amide bonds. The summed E-state index contributed by atoms with van der Waals surface area (Å²) in [6.45, 7) is -0.00596. The molecule has 0 atom stereocenters. The van der Waals surface area contributed by atoms with Crippen molar-refractivity contribution >= 4 is 5.97 Å². The Hall–Kier alpha value is -2.95. The summed E-state index contributed by atoms with van der Waals surface area (Å²) in [5.74, 6) is 0.568. The van der Waals surface area contributed by atoms with Crippen molar-refractivity contribution in [1.82, 2.24) is 9.97 Å². The van der Waals surface area contributed by atoms with Crippen LogP contribution in [0.4, 0.5) is 0 Å². The summed E-state index contributed by atoms with van der Waals surface area (Å²) < 4.78 is 10.7. The second-order valence-electron chi connectivity index (χ2n) is 4.30. The maximum atomic E-state index is 11.8. The highest BCUT2D eigenvalue weighted by Gasteiger charge is 2.10. The van der Waals surface area contributed by atoms with E-state index in [9.17, 15) is 4.79 Å². The van der Waals surface area contributed by atoms with Crippen LogP contribution in [0.25, 0.3) is 11.3 Å². The molecule has 2 heterocycles. The molecule has 0 aliphatic rings. The highest BCUT2D eigenvalue weighted by Crippen LogP contribution is 2.20. The first kappa shape index (κ1) is 13.1. The molecular weight excluding hydrogens is 268 g/mol. The molecule has 104 valence electrons. The van der Waals surface area contributed by atoms with E-state index >= 15 is 0 Å². The van der Waals surface area contributed by atoms with Gasteiger partial charge in [-0.15, -0.1) is 0 Å². The Kier molecular flexibility index (Phi) is 3.73. The van der Waals surface area contributed by atoms with Crippen molar-refractivity contribution < 1.29 is 13.9 Å². The highest BCUT2D eigenvalue weighted by atomic mass is 16.5. The van der Waals surface area contributed by atoms with E-state index in [4.69, 9.17) is 9.15 Å². The third-order valence-electron chi connectivity index (χ3n) is 2.85. The fourth-order valence-corrected chi connectivity index (χ4v) is 1.81. The molecule has 0 fully saturated rings. The molecule has 3 aromatic rings. The number of hydrogen-bond acceptors (Lipinski definition) is 5. The molecule has 2 aromatic heterocycles. The number of benzene rings is 1. The van der Waals surface area contributed by atoms with Crippen LogP contribution in [0.2, 0.25) is 0 Å². The predicted molar refractivity (Wildman–Crippen MR) is 75.3 cm³/mol. The Morgan fingerprint density at radius 1 is 1.10 bits per heavy atom. The van der Waals surface area contributed by atoms with Gasteiger partial charge in [0.1, 0.15) is 0 Å². The molecule has 21 heavy (non-hydrogen) atoms. The predicted octanol–water partition coefficient (Wildman–Crippen LogP) is 3.09. The van der Waals surface area contributed by atoms with Crippen LogP contribution in [-0.2, 0) is 11.3 Å². The molecule has 0 unspecified atom stereocenters. The molecule has 0 saturated carbocycles. The average molecular weight is 280 g/mol. The van der Waals surface area contributed by atoms with Gasteiger partial charge < -0.3 is 9.15 Å². The smallest absolute Gasteiger partial charge is 0.338 e. The number of nitrogens with zero attached hydrogens (tertiary/aromatic N) is 2. The zero-order valence-corrected chi connectivity index (χ0v) is 11.1. The number of hydrogen-bond donors (Lipinski definition) is 0. The van der Waals surface area contributed by atoms with Crippen molar-refractivity contribution in [3.63, 3.8) is 0 Å². The van der Waals surface area contributed by atoms with E-state index in [1.54, 1.807) is 18.3 Å². The summed E-state index contributed by atoms with van der Waals surface area (Å²) in [7, 11) is 0. The van der Waals surface area contributed by atoms with Gasteiger partial charge >= 0.3 is 5.97 Å². The molecule has 0 bridgehead atoms. The minimum atomic E-state index is -0.433. The summed E-state index contributed by atoms with van der Waals surface area (Å²) in [6, 6.07) is 12.8. The van der Waals surface area contributed by atoms with E-state index in [2.05, 4.69) is 9.97 Å². The van der Waals surface area contributed by atoms with Crippen molar-refractivity contribution in [1.29, 1.82) is 0 Å². The third-order valence-corrected chi connectivity index (χ3v) is 2.85. The van der Waals surface area contributed by atoms with E-state index in [1.807, 2.05) is 30.3 Å². The highest BCUT2D eigenvalue weighted by molar-refractivity contribution is 5.89. The lowest BCUT2D eigenvalue weighted by Crippen LogP contribution is -2.05. The lowest BCUT2D eigenvalue weighted by atomic mass is 10.2. The van der Waals surface area contributed by atoms with Crippen molar-refractivity contribution in [3.05, 3.63) is 72.5 Å². The summed E-state index contributed by atoms with van der Waals surface area (Å²) in [4.78, 5) is 19.7. The zero-order valence-electron chi connectivity index (χ0n) is 11.1. The van der Waals surface area contributed by atoms with Gasteiger partial charge in [0.2, 0.25) is 5.89 Å². The Bertz CT molecular complexity index is 724. The SMILES string of the molecule is O=C(OCc1ncc(-c2ccccc2)o1)c1ccncc1. The largest absolute Gasteiger partial charge is 0.452 e. The maximum Gasteiger partial charge on any atom is 0.338 e. The quantitative estimate of drug-likeness (QED) is 0.687. The standard InChI is InChI=1S/C16H12N2O3/c19-16(13-6-8-17-9-7-13)20-11-15-18-10-14(21-15)12-4-2-1-3-5-12/h1-10H,11H2. The Labute approximate surface area is 121 Å². The zero-order chi connectivity index (χ0) is 14.5. The molecule has 0 saturated heterocycles. The van der Waals surface area contributed by atoms with Gasteiger partial charge in [-0.05, 0) is 12.1 Å². The Morgan fingerprint density at radius 2 is 1.86 bits per heavy atom. The van der Waals surface area contributed by atoms with E-state index in [0.29, 0.717) is 17.2 Å². The van der Waals surface area contributed by atoms with Crippen LogP contribution < -0.4 is 0 Å². The van der Waals surface area contributed by atoms with Crippen LogP contribution in [-0.4, -0.2) is 15.9 Å². The summed E-state index contributed by atoms with van der Waals surface area (Å²) in [5, 5.41) is 0. The molecule has 0 N–H and O–H groups in total. The van der Waals surface area contributed by atoms with Crippen LogP contribution in [0.3, 0.4) is 0 Å². The number of rotatable bonds is 4. The second-order valence-corrected chi connectivity index (χ2v) is 4.30. The van der Waals surface area contributed by atoms with E-state index < -0.39 is 5.97 Å². The molecule has 1 aromatic carbocycles. The van der Waals surface area contributed by atoms with Gasteiger partial charge in [0.15, 0.2) is 12.4 Å². The first-order valence-electron chi connectivity index (χ1n) is 6.40. The number of esters is 1. The molecule has 0 radical (unpaired) electrons. The van der Waals surface area contributed by atoms with Gasteiger partial charge in [0, 0.05) is 18.0 Å². The van der Waals surface area contributed by atoms with E-state index in [1.165, 1.54) is 12.4 Å². The van der Waals surface area contributed by atoms with Crippen molar-refractivity contribution in [3.8, 4) is 11.3 Å². The fraction of sp³-hybridized carbons (Fsp3) is 0.0625. The maximum absolute atomic E-state index is 11.8. The van der Waals surface area contributed by atoms with Gasteiger partial charge in [0.25, 0.3) is 0 Å². The first-order chi connectivity index (χ1) is 10.3. The van der Waals surface area contributed by atoms with Gasteiger partial charge in [0.05, 0.1) is 11.8 Å². The van der Waals surface area contributed by atoms with Crippen LogP contribution >= 0.6 is 0 Å². The summed E-state index contributed by atoms with van der Waals surface area (Å²) in [6.07, 6.45) is 4.69. The third kappa shape index (κ3) is 3.14. The monoisotopic (exact) mass is 280 g/mol. The molecule has 0 spiro atoms. The van der Waals surface area contributed by atoms with E-state index in [0.717, 1.165) is 5.56 Å². The van der Waals surface area contributed by atoms with Crippen molar-refractivity contribution in [2.75, 3.05) is 0 Å².